The van der Waals surface area contributed by atoms with Crippen LogP contribution in [0.1, 0.15) is 146 Å². The topological polar surface area (TPSA) is 9.23 Å². The fraction of sp³-hybridized carbons (Fsp3) is 1.00. The average Bonchev–Trinajstić information content (AvgIpc) is 3.37. The van der Waals surface area contributed by atoms with Crippen LogP contribution in [0.3, 0.4) is 0 Å². The molecule has 2 heteroatoms. The van der Waals surface area contributed by atoms with Gasteiger partial charge in [-0.05, 0) is 133 Å². The van der Waals surface area contributed by atoms with Gasteiger partial charge in [-0.1, -0.05) is 88.5 Å². The third-order valence-electron chi connectivity index (χ3n) is 15.5. The van der Waals surface area contributed by atoms with E-state index >= 15 is 0 Å². The molecule has 220 valence electrons. The monoisotopic (exact) mass is 542 g/mol. The lowest BCUT2D eigenvalue weighted by Crippen LogP contribution is -2.59. The minimum Gasteiger partial charge on any atom is -0.413 e. The molecule has 5 aliphatic carbocycles. The summed E-state index contributed by atoms with van der Waals surface area (Å²) in [5, 5.41) is 0.296. The number of hydrogen-bond acceptors (Lipinski definition) is 1. The van der Waals surface area contributed by atoms with Crippen LogP contribution < -0.4 is 0 Å². The Bertz CT molecular complexity index is 898. The number of rotatable bonds is 7. The second-order valence-corrected chi connectivity index (χ2v) is 23.4. The molecule has 0 aromatic rings. The molecule has 38 heavy (non-hydrogen) atoms. The molecule has 9 atom stereocenters. The zero-order valence-corrected chi connectivity index (χ0v) is 28.9. The van der Waals surface area contributed by atoms with Gasteiger partial charge in [0.25, 0.3) is 0 Å². The van der Waals surface area contributed by atoms with Crippen molar-refractivity contribution in [2.45, 2.75) is 171 Å². The van der Waals surface area contributed by atoms with Crippen LogP contribution in [0, 0.1) is 56.7 Å². The highest BCUT2D eigenvalue weighted by Gasteiger charge is 2.82. The molecule has 0 heterocycles. The highest BCUT2D eigenvalue weighted by molar-refractivity contribution is 6.74. The van der Waals surface area contributed by atoms with Crippen LogP contribution in [0.5, 0.6) is 0 Å². The summed E-state index contributed by atoms with van der Waals surface area (Å²) in [6.45, 7) is 30.5. The fourth-order valence-corrected chi connectivity index (χ4v) is 13.6. The van der Waals surface area contributed by atoms with Crippen molar-refractivity contribution in [3.63, 3.8) is 0 Å². The van der Waals surface area contributed by atoms with Crippen molar-refractivity contribution in [3.05, 3.63) is 0 Å². The van der Waals surface area contributed by atoms with Crippen LogP contribution in [-0.4, -0.2) is 14.4 Å². The molecule has 5 fully saturated rings. The van der Waals surface area contributed by atoms with Crippen molar-refractivity contribution in [1.29, 1.82) is 0 Å². The van der Waals surface area contributed by atoms with Crippen LogP contribution in [0.25, 0.3) is 0 Å². The third kappa shape index (κ3) is 3.97. The maximum absolute atomic E-state index is 7.24. The molecule has 0 N–H and O–H groups in total. The van der Waals surface area contributed by atoms with Crippen LogP contribution in [0.15, 0.2) is 0 Å². The molecule has 0 aromatic carbocycles. The van der Waals surface area contributed by atoms with E-state index in [1.165, 1.54) is 64.2 Å². The Hall–Kier alpha value is 0.177. The van der Waals surface area contributed by atoms with E-state index in [1.807, 2.05) is 0 Å². The Labute approximate surface area is 239 Å². The van der Waals surface area contributed by atoms with E-state index in [9.17, 15) is 0 Å². The summed E-state index contributed by atoms with van der Waals surface area (Å²) in [6, 6.07) is 0. The van der Waals surface area contributed by atoms with Gasteiger partial charge in [0.05, 0.1) is 6.10 Å². The van der Waals surface area contributed by atoms with Gasteiger partial charge in [0.2, 0.25) is 0 Å². The highest BCUT2D eigenvalue weighted by atomic mass is 28.4. The van der Waals surface area contributed by atoms with E-state index in [0.717, 1.165) is 29.6 Å². The van der Waals surface area contributed by atoms with Gasteiger partial charge in [-0.2, -0.15) is 0 Å². The zero-order valence-electron chi connectivity index (χ0n) is 27.9. The highest BCUT2D eigenvalue weighted by Crippen LogP contribution is 2.89. The summed E-state index contributed by atoms with van der Waals surface area (Å²) in [4.78, 5) is 0. The minimum absolute atomic E-state index is 0.296. The SMILES string of the molecule is CC(C)CCCC(C)C1CCC2(C)C3CCC4C(C)(C)C(O[Si](C)(C)C(C)(C)C)CCC45CC35CCC12C. The van der Waals surface area contributed by atoms with Crippen LogP contribution in [-0.2, 0) is 4.43 Å². The summed E-state index contributed by atoms with van der Waals surface area (Å²) in [7, 11) is -1.76. The summed E-state index contributed by atoms with van der Waals surface area (Å²) >= 11 is 0. The Kier molecular flexibility index (Phi) is 7.09. The minimum atomic E-state index is -1.76. The van der Waals surface area contributed by atoms with Gasteiger partial charge in [0, 0.05) is 0 Å². The fourth-order valence-electron chi connectivity index (χ4n) is 12.1. The molecular weight excluding hydrogens is 476 g/mol. The number of hydrogen-bond donors (Lipinski definition) is 0. The standard InChI is InChI=1S/C36H66OSi/c1-25(2)14-13-15-26(3)27-18-20-34(10)29-17-16-28-32(7,8)30(37-38(11,12)31(4,5)6)19-21-35(28)24-36(29,35)23-22-33(27,34)9/h25-30H,13-24H2,1-12H3. The second-order valence-electron chi connectivity index (χ2n) is 18.7. The van der Waals surface area contributed by atoms with Crippen LogP contribution >= 0.6 is 0 Å². The molecule has 1 nitrogen and oxygen atoms in total. The molecule has 0 amide bonds. The molecule has 5 rings (SSSR count). The quantitative estimate of drug-likeness (QED) is 0.291. The van der Waals surface area contributed by atoms with Gasteiger partial charge in [0.15, 0.2) is 8.32 Å². The predicted octanol–water partition coefficient (Wildman–Crippen LogP) is 11.3. The first-order valence-electron chi connectivity index (χ1n) is 17.1. The lowest BCUT2D eigenvalue weighted by Gasteiger charge is -2.64. The average molecular weight is 543 g/mol. The Morgan fingerprint density at radius 1 is 0.763 bits per heavy atom. The lowest BCUT2D eigenvalue weighted by molar-refractivity contribution is -0.159. The Morgan fingerprint density at radius 3 is 2.03 bits per heavy atom. The maximum atomic E-state index is 7.24. The van der Waals surface area contributed by atoms with Gasteiger partial charge in [0.1, 0.15) is 0 Å². The second kappa shape index (κ2) is 9.09. The van der Waals surface area contributed by atoms with E-state index in [4.69, 9.17) is 4.43 Å². The van der Waals surface area contributed by atoms with E-state index in [2.05, 4.69) is 82.3 Å². The smallest absolute Gasteiger partial charge is 0.192 e. The largest absolute Gasteiger partial charge is 0.413 e. The van der Waals surface area contributed by atoms with Gasteiger partial charge < -0.3 is 4.43 Å². The molecule has 5 aliphatic rings. The van der Waals surface area contributed by atoms with E-state index < -0.39 is 8.32 Å². The van der Waals surface area contributed by atoms with Crippen molar-refractivity contribution in [3.8, 4) is 0 Å². The third-order valence-corrected chi connectivity index (χ3v) is 20.0. The first kappa shape index (κ1) is 29.7. The van der Waals surface area contributed by atoms with Gasteiger partial charge in [-0.3, -0.25) is 0 Å². The molecule has 0 aromatic heterocycles. The van der Waals surface area contributed by atoms with Crippen molar-refractivity contribution >= 4 is 8.32 Å². The molecule has 5 saturated carbocycles. The zero-order chi connectivity index (χ0) is 28.2. The first-order chi connectivity index (χ1) is 17.4. The summed E-state index contributed by atoms with van der Waals surface area (Å²) in [5.41, 5.74) is 2.74. The van der Waals surface area contributed by atoms with Gasteiger partial charge in [-0.25, -0.2) is 0 Å². The molecule has 0 saturated heterocycles. The van der Waals surface area contributed by atoms with E-state index in [0.29, 0.717) is 38.2 Å². The van der Waals surface area contributed by atoms with Gasteiger partial charge in [-0.15, -0.1) is 0 Å². The van der Waals surface area contributed by atoms with Crippen LogP contribution in [0.4, 0.5) is 0 Å². The van der Waals surface area contributed by atoms with Crippen molar-refractivity contribution in [2.75, 3.05) is 0 Å². The summed E-state index contributed by atoms with van der Waals surface area (Å²) in [5.74, 6) is 4.56. The molecule has 0 aliphatic heterocycles. The normalized spacial score (nSPS) is 46.7. The number of fused-ring (bicyclic) bond motifs is 2. The molecule has 2 spiro atoms. The predicted molar refractivity (Wildman–Crippen MR) is 167 cm³/mol. The molecule has 0 radical (unpaired) electrons. The van der Waals surface area contributed by atoms with E-state index in [-0.39, 0.29) is 0 Å². The van der Waals surface area contributed by atoms with E-state index in [1.54, 1.807) is 12.8 Å². The molecule has 0 bridgehead atoms. The van der Waals surface area contributed by atoms with Crippen LogP contribution in [0.2, 0.25) is 18.1 Å². The molecular formula is C36H66OSi. The Morgan fingerprint density at radius 2 is 1.39 bits per heavy atom. The lowest BCUT2D eigenvalue weighted by atomic mass is 9.41. The summed E-state index contributed by atoms with van der Waals surface area (Å²) in [6.07, 6.45) is 18.1. The van der Waals surface area contributed by atoms with Crippen molar-refractivity contribution in [2.24, 2.45) is 56.7 Å². The Balaban J connectivity index is 1.35. The van der Waals surface area contributed by atoms with Crippen molar-refractivity contribution in [1.82, 2.24) is 0 Å². The van der Waals surface area contributed by atoms with Gasteiger partial charge >= 0.3 is 0 Å². The maximum Gasteiger partial charge on any atom is 0.192 e. The molecule has 9 unspecified atom stereocenters. The van der Waals surface area contributed by atoms with Crippen molar-refractivity contribution < 1.29 is 4.43 Å². The first-order valence-corrected chi connectivity index (χ1v) is 20.0. The summed E-state index contributed by atoms with van der Waals surface area (Å²) < 4.78 is 7.24.